The SMILES string of the molecule is CCCN(c1c(C(N)=O)cccc1C(N)=O)S(=O)(=O)C(F)(F)F. The van der Waals surface area contributed by atoms with E-state index in [9.17, 15) is 31.2 Å². The minimum Gasteiger partial charge on any atom is -0.366 e. The lowest BCUT2D eigenvalue weighted by molar-refractivity contribution is -0.0438. The predicted octanol–water partition coefficient (Wildman–Crippen LogP) is 0.950. The Morgan fingerprint density at radius 1 is 1.13 bits per heavy atom. The van der Waals surface area contributed by atoms with Crippen LogP contribution in [0.15, 0.2) is 18.2 Å². The minimum atomic E-state index is -5.85. The molecular weight excluding hydrogens is 339 g/mol. The van der Waals surface area contributed by atoms with Crippen molar-refractivity contribution in [3.63, 3.8) is 0 Å². The third kappa shape index (κ3) is 3.55. The zero-order valence-electron chi connectivity index (χ0n) is 11.9. The van der Waals surface area contributed by atoms with Crippen LogP contribution < -0.4 is 15.8 Å². The predicted molar refractivity (Wildman–Crippen MR) is 76.1 cm³/mol. The summed E-state index contributed by atoms with van der Waals surface area (Å²) in [7, 11) is -5.85. The van der Waals surface area contributed by atoms with Crippen molar-refractivity contribution in [2.24, 2.45) is 11.5 Å². The Kier molecular flexibility index (Phi) is 5.25. The molecule has 4 N–H and O–H groups in total. The molecule has 0 aliphatic rings. The Hall–Kier alpha value is -2.30. The number of amides is 2. The number of halogens is 3. The molecule has 0 heterocycles. The third-order valence-electron chi connectivity index (χ3n) is 2.83. The van der Waals surface area contributed by atoms with Gasteiger partial charge in [0, 0.05) is 6.54 Å². The molecular formula is C12H14F3N3O4S. The lowest BCUT2D eigenvalue weighted by Gasteiger charge is -2.27. The maximum Gasteiger partial charge on any atom is 0.516 e. The number of nitrogens with two attached hydrogens (primary N) is 2. The summed E-state index contributed by atoms with van der Waals surface area (Å²) in [5, 5.41) is 0. The van der Waals surface area contributed by atoms with Crippen LogP contribution in [-0.4, -0.2) is 32.3 Å². The number of carbonyl (C=O) groups excluding carboxylic acids is 2. The van der Waals surface area contributed by atoms with Crippen molar-refractivity contribution in [2.45, 2.75) is 18.9 Å². The van der Waals surface area contributed by atoms with E-state index in [0.29, 0.717) is 0 Å². The Bertz CT molecular complexity index is 699. The number of alkyl halides is 3. The molecule has 23 heavy (non-hydrogen) atoms. The van der Waals surface area contributed by atoms with Crippen molar-refractivity contribution in [3.8, 4) is 0 Å². The first kappa shape index (κ1) is 18.7. The average Bonchev–Trinajstić information content (AvgIpc) is 2.42. The summed E-state index contributed by atoms with van der Waals surface area (Å²) in [6, 6.07) is 3.19. The maximum atomic E-state index is 12.9. The second-order valence-corrected chi connectivity index (χ2v) is 6.31. The fourth-order valence-electron chi connectivity index (χ4n) is 1.89. The molecule has 0 aromatic heterocycles. The van der Waals surface area contributed by atoms with E-state index < -0.39 is 50.7 Å². The Morgan fingerprint density at radius 2 is 1.57 bits per heavy atom. The van der Waals surface area contributed by atoms with E-state index in [4.69, 9.17) is 11.5 Å². The average molecular weight is 353 g/mol. The van der Waals surface area contributed by atoms with Crippen molar-refractivity contribution < 1.29 is 31.2 Å². The molecule has 0 atom stereocenters. The van der Waals surface area contributed by atoms with Crippen molar-refractivity contribution in [1.82, 2.24) is 0 Å². The molecule has 0 saturated heterocycles. The van der Waals surface area contributed by atoms with Gasteiger partial charge >= 0.3 is 15.5 Å². The molecule has 0 radical (unpaired) electrons. The number of sulfonamides is 1. The van der Waals surface area contributed by atoms with Crippen LogP contribution in [-0.2, 0) is 10.0 Å². The molecule has 0 saturated carbocycles. The van der Waals surface area contributed by atoms with Crippen molar-refractivity contribution in [1.29, 1.82) is 0 Å². The monoisotopic (exact) mass is 353 g/mol. The van der Waals surface area contributed by atoms with E-state index in [1.54, 1.807) is 0 Å². The van der Waals surface area contributed by atoms with E-state index in [0.717, 1.165) is 18.2 Å². The molecule has 128 valence electrons. The Labute approximate surface area is 130 Å². The molecule has 11 heteroatoms. The van der Waals surface area contributed by atoms with Crippen LogP contribution in [0.3, 0.4) is 0 Å². The highest BCUT2D eigenvalue weighted by Crippen LogP contribution is 2.35. The van der Waals surface area contributed by atoms with E-state index in [2.05, 4.69) is 0 Å². The zero-order valence-corrected chi connectivity index (χ0v) is 12.7. The van der Waals surface area contributed by atoms with Crippen LogP contribution in [0.25, 0.3) is 0 Å². The molecule has 0 aliphatic heterocycles. The molecule has 0 spiro atoms. The van der Waals surface area contributed by atoms with Gasteiger partial charge in [0.05, 0.1) is 16.8 Å². The third-order valence-corrected chi connectivity index (χ3v) is 4.36. The highest BCUT2D eigenvalue weighted by atomic mass is 32.2. The Morgan fingerprint density at radius 3 is 1.87 bits per heavy atom. The van der Waals surface area contributed by atoms with Gasteiger partial charge in [-0.1, -0.05) is 13.0 Å². The van der Waals surface area contributed by atoms with Gasteiger partial charge < -0.3 is 11.5 Å². The van der Waals surface area contributed by atoms with Gasteiger partial charge in [0.1, 0.15) is 0 Å². The number of para-hydroxylation sites is 1. The number of hydrogen-bond donors (Lipinski definition) is 2. The van der Waals surface area contributed by atoms with Gasteiger partial charge in [-0.2, -0.15) is 21.6 Å². The Balaban J connectivity index is 3.80. The van der Waals surface area contributed by atoms with E-state index >= 15 is 0 Å². The number of carbonyl (C=O) groups is 2. The lowest BCUT2D eigenvalue weighted by Crippen LogP contribution is -2.43. The van der Waals surface area contributed by atoms with Crippen LogP contribution in [0.4, 0.5) is 18.9 Å². The molecule has 1 aromatic carbocycles. The number of rotatable bonds is 6. The quantitative estimate of drug-likeness (QED) is 0.790. The van der Waals surface area contributed by atoms with Gasteiger partial charge in [0.15, 0.2) is 0 Å². The van der Waals surface area contributed by atoms with Crippen LogP contribution in [0, 0.1) is 0 Å². The molecule has 0 aliphatic carbocycles. The number of primary amides is 2. The standard InChI is InChI=1S/C12H14F3N3O4S/c1-2-6-18(23(21,22)12(13,14)15)9-7(10(16)19)4-3-5-8(9)11(17)20/h3-5H,2,6H2,1H3,(H2,16,19)(H2,17,20). The fourth-order valence-corrected chi connectivity index (χ4v) is 3.00. The molecule has 1 aromatic rings. The van der Waals surface area contributed by atoms with Crippen LogP contribution in [0.2, 0.25) is 0 Å². The normalized spacial score (nSPS) is 12.0. The molecule has 1 rings (SSSR count). The molecule has 0 bridgehead atoms. The van der Waals surface area contributed by atoms with Gasteiger partial charge in [0.2, 0.25) is 0 Å². The number of nitrogens with zero attached hydrogens (tertiary/aromatic N) is 1. The molecule has 0 unspecified atom stereocenters. The first-order chi connectivity index (χ1) is 10.4. The summed E-state index contributed by atoms with van der Waals surface area (Å²) >= 11 is 0. The van der Waals surface area contributed by atoms with Crippen LogP contribution >= 0.6 is 0 Å². The summed E-state index contributed by atoms with van der Waals surface area (Å²) in [4.78, 5) is 22.9. The number of hydrogen-bond acceptors (Lipinski definition) is 4. The first-order valence-electron chi connectivity index (χ1n) is 6.26. The second-order valence-electron chi connectivity index (χ2n) is 4.45. The van der Waals surface area contributed by atoms with Gasteiger partial charge in [0.25, 0.3) is 11.8 Å². The van der Waals surface area contributed by atoms with Crippen molar-refractivity contribution >= 4 is 27.5 Å². The maximum absolute atomic E-state index is 12.9. The largest absolute Gasteiger partial charge is 0.516 e. The van der Waals surface area contributed by atoms with Gasteiger partial charge in [-0.05, 0) is 18.6 Å². The molecule has 7 nitrogen and oxygen atoms in total. The van der Waals surface area contributed by atoms with Gasteiger partial charge in [-0.25, -0.2) is 0 Å². The zero-order chi connectivity index (χ0) is 18.0. The van der Waals surface area contributed by atoms with E-state index in [1.165, 1.54) is 6.92 Å². The first-order valence-corrected chi connectivity index (χ1v) is 7.70. The molecule has 2 amide bonds. The number of anilines is 1. The summed E-state index contributed by atoms with van der Waals surface area (Å²) in [6.07, 6.45) is -0.0133. The van der Waals surface area contributed by atoms with Gasteiger partial charge in [-0.15, -0.1) is 0 Å². The second kappa shape index (κ2) is 6.44. The summed E-state index contributed by atoms with van der Waals surface area (Å²) < 4.78 is 62.2. The highest BCUT2D eigenvalue weighted by Gasteiger charge is 2.51. The van der Waals surface area contributed by atoms with Crippen molar-refractivity contribution in [3.05, 3.63) is 29.3 Å². The smallest absolute Gasteiger partial charge is 0.366 e. The van der Waals surface area contributed by atoms with Crippen LogP contribution in [0.5, 0.6) is 0 Å². The van der Waals surface area contributed by atoms with Crippen molar-refractivity contribution in [2.75, 3.05) is 10.8 Å². The topological polar surface area (TPSA) is 124 Å². The summed E-state index contributed by atoms with van der Waals surface area (Å²) in [6.45, 7) is 0.808. The number of benzene rings is 1. The van der Waals surface area contributed by atoms with Gasteiger partial charge in [-0.3, -0.25) is 13.9 Å². The lowest BCUT2D eigenvalue weighted by atomic mass is 10.1. The summed E-state index contributed by atoms with van der Waals surface area (Å²) in [5.74, 6) is -2.39. The highest BCUT2D eigenvalue weighted by molar-refractivity contribution is 7.93. The molecule has 0 fully saturated rings. The van der Waals surface area contributed by atoms with E-state index in [-0.39, 0.29) is 10.7 Å². The summed E-state index contributed by atoms with van der Waals surface area (Å²) in [5.41, 5.74) is 2.65. The van der Waals surface area contributed by atoms with Crippen LogP contribution in [0.1, 0.15) is 34.1 Å². The fraction of sp³-hybridized carbons (Fsp3) is 0.333. The minimum absolute atomic E-state index is 0.0133. The van der Waals surface area contributed by atoms with E-state index in [1.807, 2.05) is 0 Å².